The number of pyridine rings is 1. The first kappa shape index (κ1) is 21.4. The predicted molar refractivity (Wildman–Crippen MR) is 107 cm³/mol. The van der Waals surface area contributed by atoms with Crippen molar-refractivity contribution in [1.29, 1.82) is 0 Å². The zero-order chi connectivity index (χ0) is 21.0. The molecular formula is C21H31N3O5. The van der Waals surface area contributed by atoms with E-state index in [1.807, 2.05) is 6.92 Å². The second-order valence-electron chi connectivity index (χ2n) is 8.10. The summed E-state index contributed by atoms with van der Waals surface area (Å²) in [4.78, 5) is 30.5. The Labute approximate surface area is 171 Å². The monoisotopic (exact) mass is 405 g/mol. The molecule has 0 radical (unpaired) electrons. The highest BCUT2D eigenvalue weighted by Crippen LogP contribution is 2.28. The maximum absolute atomic E-state index is 12.1. The van der Waals surface area contributed by atoms with Gasteiger partial charge in [0.15, 0.2) is 0 Å². The summed E-state index contributed by atoms with van der Waals surface area (Å²) in [6.07, 6.45) is 4.82. The van der Waals surface area contributed by atoms with Crippen LogP contribution in [0.5, 0.6) is 5.88 Å². The van der Waals surface area contributed by atoms with Gasteiger partial charge in [-0.15, -0.1) is 0 Å². The Morgan fingerprint density at radius 1 is 1.03 bits per heavy atom. The molecule has 8 nitrogen and oxygen atoms in total. The first-order chi connectivity index (χ1) is 13.8. The van der Waals surface area contributed by atoms with Crippen LogP contribution in [0.3, 0.4) is 0 Å². The molecule has 1 N–H and O–H groups in total. The summed E-state index contributed by atoms with van der Waals surface area (Å²) in [5, 5.41) is 9.03. The predicted octanol–water partition coefficient (Wildman–Crippen LogP) is 2.94. The van der Waals surface area contributed by atoms with Gasteiger partial charge in [0.25, 0.3) is 5.91 Å². The van der Waals surface area contributed by atoms with Crippen molar-refractivity contribution in [3.63, 3.8) is 0 Å². The lowest BCUT2D eigenvalue weighted by molar-refractivity contribution is -0.0643. The summed E-state index contributed by atoms with van der Waals surface area (Å²) in [5.41, 5.74) is 1.26. The lowest BCUT2D eigenvalue weighted by Gasteiger charge is -2.35. The summed E-state index contributed by atoms with van der Waals surface area (Å²) in [7, 11) is 3.45. The van der Waals surface area contributed by atoms with Crippen molar-refractivity contribution in [3.8, 4) is 5.88 Å². The highest BCUT2D eigenvalue weighted by molar-refractivity contribution is 5.94. The minimum Gasteiger partial charge on any atom is -0.474 e. The fourth-order valence-electron chi connectivity index (χ4n) is 3.98. The zero-order valence-corrected chi connectivity index (χ0v) is 17.5. The standard InChI is InChI=1S/C21H31N3O5/c1-14-18(20(25)23(2)3)8-9-19(22-14)29-16-6-4-15(5-7-16)28-17-10-12-24(13-11-17)21(26)27/h8-9,15-17H,4-7,10-13H2,1-3H3,(H,26,27). The van der Waals surface area contributed by atoms with Crippen LogP contribution in [-0.2, 0) is 4.74 Å². The number of nitrogens with zero attached hydrogens (tertiary/aromatic N) is 3. The molecule has 1 saturated carbocycles. The number of hydrogen-bond donors (Lipinski definition) is 1. The molecule has 2 heterocycles. The van der Waals surface area contributed by atoms with E-state index in [1.54, 1.807) is 26.2 Å². The van der Waals surface area contributed by atoms with Gasteiger partial charge in [-0.05, 0) is 51.5 Å². The van der Waals surface area contributed by atoms with Crippen molar-refractivity contribution in [2.24, 2.45) is 0 Å². The molecule has 0 aromatic carbocycles. The molecule has 8 heteroatoms. The van der Waals surface area contributed by atoms with Crippen LogP contribution in [0.1, 0.15) is 54.6 Å². The van der Waals surface area contributed by atoms with Crippen LogP contribution < -0.4 is 4.74 Å². The van der Waals surface area contributed by atoms with E-state index < -0.39 is 6.09 Å². The average molecular weight is 405 g/mol. The molecule has 2 fully saturated rings. The second-order valence-corrected chi connectivity index (χ2v) is 8.10. The Balaban J connectivity index is 1.44. The number of aromatic nitrogens is 1. The smallest absolute Gasteiger partial charge is 0.407 e. The van der Waals surface area contributed by atoms with Crippen LogP contribution in [0, 0.1) is 6.92 Å². The van der Waals surface area contributed by atoms with E-state index in [9.17, 15) is 9.59 Å². The molecular weight excluding hydrogens is 374 g/mol. The zero-order valence-electron chi connectivity index (χ0n) is 17.5. The van der Waals surface area contributed by atoms with E-state index >= 15 is 0 Å². The number of likely N-dealkylation sites (tertiary alicyclic amines) is 1. The van der Waals surface area contributed by atoms with Crippen LogP contribution in [0.25, 0.3) is 0 Å². The van der Waals surface area contributed by atoms with Gasteiger partial charge in [-0.3, -0.25) is 4.79 Å². The van der Waals surface area contributed by atoms with Gasteiger partial charge in [-0.25, -0.2) is 9.78 Å². The van der Waals surface area contributed by atoms with Gasteiger partial charge in [-0.2, -0.15) is 0 Å². The van der Waals surface area contributed by atoms with Gasteiger partial charge in [-0.1, -0.05) is 0 Å². The van der Waals surface area contributed by atoms with Gasteiger partial charge in [0, 0.05) is 33.3 Å². The fourth-order valence-corrected chi connectivity index (χ4v) is 3.98. The molecule has 0 bridgehead atoms. The van der Waals surface area contributed by atoms with Gasteiger partial charge in [0.2, 0.25) is 5.88 Å². The van der Waals surface area contributed by atoms with Gasteiger partial charge in [0.1, 0.15) is 6.10 Å². The number of amides is 2. The molecule has 2 aliphatic rings. The SMILES string of the molecule is Cc1nc(OC2CCC(OC3CCN(C(=O)O)CC3)CC2)ccc1C(=O)N(C)C. The van der Waals surface area contributed by atoms with Crippen molar-refractivity contribution < 1.29 is 24.2 Å². The van der Waals surface area contributed by atoms with E-state index in [1.165, 1.54) is 9.80 Å². The number of carbonyl (C=O) groups is 2. The van der Waals surface area contributed by atoms with Crippen molar-refractivity contribution >= 4 is 12.0 Å². The molecule has 0 spiro atoms. The van der Waals surface area contributed by atoms with Crippen LogP contribution in [-0.4, -0.2) is 77.4 Å². The summed E-state index contributed by atoms with van der Waals surface area (Å²) >= 11 is 0. The van der Waals surface area contributed by atoms with E-state index in [0.717, 1.165) is 38.5 Å². The Hall–Kier alpha value is -2.35. The minimum atomic E-state index is -0.843. The molecule has 3 rings (SSSR count). The molecule has 1 aliphatic heterocycles. The summed E-state index contributed by atoms with van der Waals surface area (Å²) in [6.45, 7) is 2.93. The number of hydrogen-bond acceptors (Lipinski definition) is 5. The van der Waals surface area contributed by atoms with Gasteiger partial charge < -0.3 is 24.4 Å². The number of ether oxygens (including phenoxy) is 2. The third-order valence-electron chi connectivity index (χ3n) is 5.70. The third-order valence-corrected chi connectivity index (χ3v) is 5.70. The quantitative estimate of drug-likeness (QED) is 0.810. The number of rotatable bonds is 5. The van der Waals surface area contributed by atoms with Crippen molar-refractivity contribution in [1.82, 2.24) is 14.8 Å². The lowest BCUT2D eigenvalue weighted by Crippen LogP contribution is -2.41. The minimum absolute atomic E-state index is 0.0617. The Kier molecular flexibility index (Phi) is 6.95. The maximum atomic E-state index is 12.1. The Bertz CT molecular complexity index is 723. The van der Waals surface area contributed by atoms with E-state index in [0.29, 0.717) is 30.2 Å². The average Bonchev–Trinajstić information content (AvgIpc) is 2.69. The first-order valence-corrected chi connectivity index (χ1v) is 10.3. The van der Waals surface area contributed by atoms with Crippen LogP contribution >= 0.6 is 0 Å². The molecule has 2 amide bonds. The largest absolute Gasteiger partial charge is 0.474 e. The molecule has 1 aromatic rings. The molecule has 1 aliphatic carbocycles. The highest BCUT2D eigenvalue weighted by atomic mass is 16.5. The second kappa shape index (κ2) is 9.43. The van der Waals surface area contributed by atoms with E-state index in [-0.39, 0.29) is 24.2 Å². The molecule has 0 unspecified atom stereocenters. The van der Waals surface area contributed by atoms with Gasteiger partial charge >= 0.3 is 6.09 Å². The topological polar surface area (TPSA) is 92.2 Å². The van der Waals surface area contributed by atoms with E-state index in [2.05, 4.69) is 4.98 Å². The van der Waals surface area contributed by atoms with Crippen molar-refractivity contribution in [3.05, 3.63) is 23.4 Å². The number of carboxylic acid groups (broad SMARTS) is 1. The number of piperidine rings is 1. The lowest BCUT2D eigenvalue weighted by atomic mass is 9.94. The first-order valence-electron chi connectivity index (χ1n) is 10.3. The van der Waals surface area contributed by atoms with Gasteiger partial charge in [0.05, 0.1) is 23.5 Å². The number of aryl methyl sites for hydroxylation is 1. The summed E-state index contributed by atoms with van der Waals surface area (Å²) in [6, 6.07) is 3.54. The van der Waals surface area contributed by atoms with Crippen molar-refractivity contribution in [2.75, 3.05) is 27.2 Å². The summed E-state index contributed by atoms with van der Waals surface area (Å²) in [5.74, 6) is 0.497. The Morgan fingerprint density at radius 3 is 2.17 bits per heavy atom. The number of carbonyl (C=O) groups excluding carboxylic acids is 1. The Morgan fingerprint density at radius 2 is 1.62 bits per heavy atom. The molecule has 160 valence electrons. The van der Waals surface area contributed by atoms with Crippen LogP contribution in [0.15, 0.2) is 12.1 Å². The van der Waals surface area contributed by atoms with E-state index in [4.69, 9.17) is 14.6 Å². The highest BCUT2D eigenvalue weighted by Gasteiger charge is 2.28. The normalized spacial score (nSPS) is 22.9. The van der Waals surface area contributed by atoms with Crippen LogP contribution in [0.4, 0.5) is 4.79 Å². The fraction of sp³-hybridized carbons (Fsp3) is 0.667. The molecule has 1 aromatic heterocycles. The maximum Gasteiger partial charge on any atom is 0.407 e. The molecule has 1 saturated heterocycles. The third kappa shape index (κ3) is 5.59. The summed E-state index contributed by atoms with van der Waals surface area (Å²) < 4.78 is 12.3. The molecule has 0 atom stereocenters. The van der Waals surface area contributed by atoms with Crippen molar-refractivity contribution in [2.45, 2.75) is 63.8 Å². The molecule has 29 heavy (non-hydrogen) atoms. The van der Waals surface area contributed by atoms with Crippen LogP contribution in [0.2, 0.25) is 0 Å².